The van der Waals surface area contributed by atoms with Gasteiger partial charge in [0.05, 0.1) is 23.6 Å². The van der Waals surface area contributed by atoms with E-state index in [2.05, 4.69) is 26.8 Å². The van der Waals surface area contributed by atoms with Crippen LogP contribution in [0, 0.1) is 16.0 Å². The smallest absolute Gasteiger partial charge is 0.428 e. The van der Waals surface area contributed by atoms with Crippen LogP contribution in [0.25, 0.3) is 0 Å². The second kappa shape index (κ2) is 8.46. The number of carbonyl (C=O) groups excluding carboxylic acids is 1. The SMILES string of the molecule is CO[C@H]1[C@H](C2(C)OC2CC=C(C)C)[C@]2(CC[C@H]1OC(=O)Oc1ccc([N+](=O)[O-])cc1)CO2. The van der Waals surface area contributed by atoms with Crippen LogP contribution in [0.1, 0.15) is 40.0 Å². The molecule has 3 fully saturated rings. The van der Waals surface area contributed by atoms with Crippen LogP contribution in [0.4, 0.5) is 10.5 Å². The number of rotatable bonds is 7. The molecule has 9 nitrogen and oxygen atoms in total. The molecule has 1 aromatic rings. The van der Waals surface area contributed by atoms with Gasteiger partial charge >= 0.3 is 6.16 Å². The van der Waals surface area contributed by atoms with Crippen LogP contribution in [-0.2, 0) is 18.9 Å². The van der Waals surface area contributed by atoms with Gasteiger partial charge < -0.3 is 23.7 Å². The Kier molecular flexibility index (Phi) is 6.00. The minimum Gasteiger partial charge on any atom is -0.428 e. The highest BCUT2D eigenvalue weighted by Crippen LogP contribution is 2.59. The Morgan fingerprint density at radius 1 is 1.31 bits per heavy atom. The quantitative estimate of drug-likeness (QED) is 0.153. The van der Waals surface area contributed by atoms with Gasteiger partial charge in [-0.05, 0) is 52.2 Å². The molecule has 0 amide bonds. The molecule has 9 heteroatoms. The Bertz CT molecular complexity index is 905. The van der Waals surface area contributed by atoms with Crippen LogP contribution in [0.5, 0.6) is 5.75 Å². The minimum absolute atomic E-state index is 0.0620. The molecule has 0 radical (unpaired) electrons. The number of nitro benzene ring substituents is 1. The third-order valence-corrected chi connectivity index (χ3v) is 6.73. The Morgan fingerprint density at radius 3 is 2.56 bits per heavy atom. The van der Waals surface area contributed by atoms with Gasteiger partial charge in [-0.25, -0.2) is 4.79 Å². The van der Waals surface area contributed by atoms with Crippen molar-refractivity contribution in [1.29, 1.82) is 0 Å². The van der Waals surface area contributed by atoms with Crippen molar-refractivity contribution in [2.24, 2.45) is 5.92 Å². The summed E-state index contributed by atoms with van der Waals surface area (Å²) in [5.41, 5.74) is 0.419. The normalized spacial score (nSPS) is 35.1. The zero-order chi connectivity index (χ0) is 23.1. The molecule has 1 aliphatic carbocycles. The second-order valence-corrected chi connectivity index (χ2v) is 9.14. The molecule has 2 heterocycles. The van der Waals surface area contributed by atoms with Crippen molar-refractivity contribution in [3.63, 3.8) is 0 Å². The summed E-state index contributed by atoms with van der Waals surface area (Å²) in [6, 6.07) is 5.25. The largest absolute Gasteiger partial charge is 0.514 e. The van der Waals surface area contributed by atoms with Crippen LogP contribution in [-0.4, -0.2) is 54.3 Å². The number of allylic oxidation sites excluding steroid dienone is 1. The van der Waals surface area contributed by atoms with E-state index in [1.54, 1.807) is 7.11 Å². The lowest BCUT2D eigenvalue weighted by molar-refractivity contribution is -0.384. The predicted octanol–water partition coefficient (Wildman–Crippen LogP) is 4.19. The van der Waals surface area contributed by atoms with Gasteiger partial charge in [0.25, 0.3) is 5.69 Å². The Morgan fingerprint density at radius 2 is 2.00 bits per heavy atom. The highest BCUT2D eigenvalue weighted by atomic mass is 16.7. The number of methoxy groups -OCH3 is 1. The van der Waals surface area contributed by atoms with Gasteiger partial charge in [0.1, 0.15) is 29.2 Å². The van der Waals surface area contributed by atoms with Crippen LogP contribution >= 0.6 is 0 Å². The van der Waals surface area contributed by atoms with Crippen LogP contribution in [0.2, 0.25) is 0 Å². The summed E-state index contributed by atoms with van der Waals surface area (Å²) in [7, 11) is 1.61. The van der Waals surface area contributed by atoms with E-state index in [1.807, 2.05) is 0 Å². The molecule has 6 atom stereocenters. The van der Waals surface area contributed by atoms with E-state index >= 15 is 0 Å². The molecular formula is C23H29NO8. The average molecular weight is 447 g/mol. The first-order valence-electron chi connectivity index (χ1n) is 10.8. The molecule has 4 rings (SSSR count). The number of epoxide rings is 2. The number of benzene rings is 1. The van der Waals surface area contributed by atoms with Crippen molar-refractivity contribution in [2.75, 3.05) is 13.7 Å². The maximum absolute atomic E-state index is 12.4. The molecule has 1 saturated carbocycles. The summed E-state index contributed by atoms with van der Waals surface area (Å²) < 4.78 is 28.8. The topological polar surface area (TPSA) is 113 Å². The van der Waals surface area contributed by atoms with Crippen LogP contribution in [0.15, 0.2) is 35.9 Å². The number of carbonyl (C=O) groups is 1. The molecule has 2 unspecified atom stereocenters. The highest BCUT2D eigenvalue weighted by Gasteiger charge is 2.72. The fraction of sp³-hybridized carbons (Fsp3) is 0.609. The molecule has 1 spiro atoms. The van der Waals surface area contributed by atoms with E-state index in [4.69, 9.17) is 23.7 Å². The van der Waals surface area contributed by atoms with E-state index in [0.717, 1.165) is 12.8 Å². The standard InChI is InChI=1S/C23H29NO8/c1-14(2)5-10-18-22(3,32-18)20-19(28-4)17(11-12-23(20)13-29-23)31-21(25)30-16-8-6-15(7-9-16)24(26)27/h5-9,17-20H,10-13H2,1-4H3/t17-,18?,19-,20-,22?,23+/m1/s1. The summed E-state index contributed by atoms with van der Waals surface area (Å²) in [6.07, 6.45) is 2.56. The van der Waals surface area contributed by atoms with Crippen molar-refractivity contribution in [2.45, 2.75) is 69.5 Å². The van der Waals surface area contributed by atoms with Crippen molar-refractivity contribution in [3.8, 4) is 5.75 Å². The lowest BCUT2D eigenvalue weighted by atomic mass is 9.68. The number of nitro groups is 1. The first-order valence-corrected chi connectivity index (χ1v) is 10.8. The van der Waals surface area contributed by atoms with E-state index in [0.29, 0.717) is 13.0 Å². The van der Waals surface area contributed by atoms with Gasteiger partial charge in [0.2, 0.25) is 0 Å². The van der Waals surface area contributed by atoms with Crippen molar-refractivity contribution >= 4 is 11.8 Å². The maximum Gasteiger partial charge on any atom is 0.514 e. The van der Waals surface area contributed by atoms with Gasteiger partial charge in [-0.1, -0.05) is 11.6 Å². The predicted molar refractivity (Wildman–Crippen MR) is 114 cm³/mol. The Balaban J connectivity index is 1.44. The number of non-ortho nitro benzene ring substituents is 1. The monoisotopic (exact) mass is 447 g/mol. The first-order chi connectivity index (χ1) is 15.2. The number of ether oxygens (including phenoxy) is 5. The Labute approximate surface area is 186 Å². The van der Waals surface area contributed by atoms with Crippen LogP contribution < -0.4 is 4.74 Å². The zero-order valence-corrected chi connectivity index (χ0v) is 18.7. The summed E-state index contributed by atoms with van der Waals surface area (Å²) in [4.78, 5) is 22.7. The number of hydrogen-bond donors (Lipinski definition) is 0. The summed E-state index contributed by atoms with van der Waals surface area (Å²) in [5, 5.41) is 10.8. The molecule has 2 aliphatic heterocycles. The molecule has 0 N–H and O–H groups in total. The third-order valence-electron chi connectivity index (χ3n) is 6.73. The fourth-order valence-electron chi connectivity index (χ4n) is 4.95. The van der Waals surface area contributed by atoms with Crippen molar-refractivity contribution < 1.29 is 33.4 Å². The average Bonchev–Trinajstić information content (AvgIpc) is 3.65. The molecule has 1 aromatic carbocycles. The lowest BCUT2D eigenvalue weighted by Gasteiger charge is -2.42. The van der Waals surface area contributed by atoms with Gasteiger partial charge in [0.15, 0.2) is 0 Å². The van der Waals surface area contributed by atoms with Gasteiger partial charge in [0, 0.05) is 19.2 Å². The molecule has 3 aliphatic rings. The van der Waals surface area contributed by atoms with E-state index in [9.17, 15) is 14.9 Å². The second-order valence-electron chi connectivity index (χ2n) is 9.14. The van der Waals surface area contributed by atoms with E-state index in [-0.39, 0.29) is 29.1 Å². The summed E-state index contributed by atoms with van der Waals surface area (Å²) in [6.45, 7) is 6.84. The minimum atomic E-state index is -0.875. The number of hydrogen-bond acceptors (Lipinski definition) is 8. The molecule has 2 saturated heterocycles. The van der Waals surface area contributed by atoms with Crippen molar-refractivity contribution in [3.05, 3.63) is 46.0 Å². The van der Waals surface area contributed by atoms with Gasteiger partial charge in [-0.2, -0.15) is 0 Å². The Hall–Kier alpha value is -2.49. The molecule has 32 heavy (non-hydrogen) atoms. The van der Waals surface area contributed by atoms with Gasteiger partial charge in [-0.15, -0.1) is 0 Å². The molecule has 174 valence electrons. The lowest BCUT2D eigenvalue weighted by Crippen LogP contribution is -2.55. The zero-order valence-electron chi connectivity index (χ0n) is 18.7. The molecule has 0 bridgehead atoms. The third kappa shape index (κ3) is 4.37. The molecule has 0 aromatic heterocycles. The first kappa shape index (κ1) is 22.7. The van der Waals surface area contributed by atoms with E-state index in [1.165, 1.54) is 29.8 Å². The van der Waals surface area contributed by atoms with E-state index < -0.39 is 28.9 Å². The molecular weight excluding hydrogens is 418 g/mol. The number of nitrogens with zero attached hydrogens (tertiary/aromatic N) is 1. The van der Waals surface area contributed by atoms with Crippen molar-refractivity contribution in [1.82, 2.24) is 0 Å². The highest BCUT2D eigenvalue weighted by molar-refractivity contribution is 5.64. The maximum atomic E-state index is 12.4. The van der Waals surface area contributed by atoms with Gasteiger partial charge in [-0.3, -0.25) is 10.1 Å². The fourth-order valence-corrected chi connectivity index (χ4v) is 4.95. The summed E-state index contributed by atoms with van der Waals surface area (Å²) >= 11 is 0. The summed E-state index contributed by atoms with van der Waals surface area (Å²) in [5.74, 6) is 0.0877. The van der Waals surface area contributed by atoms with Crippen LogP contribution in [0.3, 0.4) is 0 Å².